The molecular weight excluding hydrogens is 301 g/mol. The lowest BCUT2D eigenvalue weighted by Gasteiger charge is -2.00. The molecule has 0 saturated carbocycles. The number of halogens is 1. The molecule has 0 spiro atoms. The van der Waals surface area contributed by atoms with Gasteiger partial charge in [0.05, 0.1) is 5.69 Å². The molecular formula is C16H12FN3OS. The lowest BCUT2D eigenvalue weighted by atomic mass is 10.1. The molecule has 3 aromatic rings. The smallest absolute Gasteiger partial charge is 0.276 e. The van der Waals surface area contributed by atoms with E-state index in [0.29, 0.717) is 10.8 Å². The van der Waals surface area contributed by atoms with E-state index in [4.69, 9.17) is 0 Å². The molecule has 6 heteroatoms. The Bertz CT molecular complexity index is 800. The quantitative estimate of drug-likeness (QED) is 0.797. The Morgan fingerprint density at radius 3 is 2.64 bits per heavy atom. The molecule has 0 bridgehead atoms. The summed E-state index contributed by atoms with van der Waals surface area (Å²) < 4.78 is 13.0. The van der Waals surface area contributed by atoms with Crippen LogP contribution in [0.5, 0.6) is 0 Å². The molecule has 0 unspecified atom stereocenters. The first-order valence-corrected chi connectivity index (χ1v) is 7.41. The third-order valence-electron chi connectivity index (χ3n) is 3.03. The maximum absolute atomic E-state index is 13.0. The highest BCUT2D eigenvalue weighted by Crippen LogP contribution is 2.30. The molecule has 22 heavy (non-hydrogen) atoms. The monoisotopic (exact) mass is 313 g/mol. The standard InChI is InChI=1S/C16H12FN3OS/c1-10-14(11-5-7-12(17)8-6-11)19-16(22-10)20-15(21)13-4-2-3-9-18-13/h2-9H,1H3,(H,19,20,21). The number of hydrogen-bond donors (Lipinski definition) is 1. The molecule has 1 aromatic carbocycles. The first-order valence-electron chi connectivity index (χ1n) is 6.59. The van der Waals surface area contributed by atoms with Gasteiger partial charge < -0.3 is 0 Å². The minimum absolute atomic E-state index is 0.291. The molecule has 3 rings (SSSR count). The van der Waals surface area contributed by atoms with Gasteiger partial charge in [-0.15, -0.1) is 11.3 Å². The molecule has 0 atom stereocenters. The van der Waals surface area contributed by atoms with Crippen molar-refractivity contribution in [3.8, 4) is 11.3 Å². The number of hydrogen-bond acceptors (Lipinski definition) is 4. The predicted octanol–water partition coefficient (Wildman–Crippen LogP) is 3.90. The highest BCUT2D eigenvalue weighted by atomic mass is 32.1. The third-order valence-corrected chi connectivity index (χ3v) is 3.92. The largest absolute Gasteiger partial charge is 0.296 e. The summed E-state index contributed by atoms with van der Waals surface area (Å²) in [5.74, 6) is -0.597. The summed E-state index contributed by atoms with van der Waals surface area (Å²) >= 11 is 1.37. The second-order valence-electron chi connectivity index (χ2n) is 4.60. The van der Waals surface area contributed by atoms with Crippen molar-refractivity contribution < 1.29 is 9.18 Å². The van der Waals surface area contributed by atoms with Crippen LogP contribution in [0.2, 0.25) is 0 Å². The second-order valence-corrected chi connectivity index (χ2v) is 5.80. The number of benzene rings is 1. The topological polar surface area (TPSA) is 54.9 Å². The normalized spacial score (nSPS) is 10.5. The van der Waals surface area contributed by atoms with Gasteiger partial charge in [0.15, 0.2) is 5.13 Å². The van der Waals surface area contributed by atoms with Gasteiger partial charge in [-0.1, -0.05) is 6.07 Å². The Hall–Kier alpha value is -2.60. The number of aromatic nitrogens is 2. The molecule has 1 N–H and O–H groups in total. The van der Waals surface area contributed by atoms with Gasteiger partial charge in [-0.25, -0.2) is 9.37 Å². The summed E-state index contributed by atoms with van der Waals surface area (Å²) in [6, 6.07) is 11.2. The van der Waals surface area contributed by atoms with Crippen molar-refractivity contribution in [2.24, 2.45) is 0 Å². The number of pyridine rings is 1. The van der Waals surface area contributed by atoms with Crippen LogP contribution >= 0.6 is 11.3 Å². The second kappa shape index (κ2) is 6.03. The van der Waals surface area contributed by atoms with Crippen LogP contribution in [0.3, 0.4) is 0 Å². The average molecular weight is 313 g/mol. The van der Waals surface area contributed by atoms with Crippen molar-refractivity contribution in [1.29, 1.82) is 0 Å². The molecule has 4 nitrogen and oxygen atoms in total. The summed E-state index contributed by atoms with van der Waals surface area (Å²) in [7, 11) is 0. The molecule has 1 amide bonds. The SMILES string of the molecule is Cc1sc(NC(=O)c2ccccn2)nc1-c1ccc(F)cc1. The van der Waals surface area contributed by atoms with Crippen molar-refractivity contribution in [1.82, 2.24) is 9.97 Å². The maximum Gasteiger partial charge on any atom is 0.276 e. The Morgan fingerprint density at radius 2 is 1.95 bits per heavy atom. The summed E-state index contributed by atoms with van der Waals surface area (Å²) in [5, 5.41) is 3.23. The zero-order valence-electron chi connectivity index (χ0n) is 11.7. The zero-order valence-corrected chi connectivity index (χ0v) is 12.5. The molecule has 0 fully saturated rings. The molecule has 0 aliphatic heterocycles. The number of nitrogens with one attached hydrogen (secondary N) is 1. The van der Waals surface area contributed by atoms with Crippen LogP contribution < -0.4 is 5.32 Å². The molecule has 2 aromatic heterocycles. The molecule has 0 saturated heterocycles. The van der Waals surface area contributed by atoms with Gasteiger partial charge in [0.2, 0.25) is 0 Å². The van der Waals surface area contributed by atoms with Gasteiger partial charge in [0.25, 0.3) is 5.91 Å². The lowest BCUT2D eigenvalue weighted by Crippen LogP contribution is -2.13. The Morgan fingerprint density at radius 1 is 1.18 bits per heavy atom. The fourth-order valence-corrected chi connectivity index (χ4v) is 2.81. The number of thiazole rings is 1. The van der Waals surface area contributed by atoms with Gasteiger partial charge >= 0.3 is 0 Å². The summed E-state index contributed by atoms with van der Waals surface area (Å²) in [6.07, 6.45) is 1.56. The number of rotatable bonds is 3. The van der Waals surface area contributed by atoms with Gasteiger partial charge in [0.1, 0.15) is 11.5 Å². The molecule has 2 heterocycles. The van der Waals surface area contributed by atoms with Crippen molar-refractivity contribution in [2.45, 2.75) is 6.92 Å². The van der Waals surface area contributed by atoms with E-state index in [1.54, 1.807) is 36.5 Å². The van der Waals surface area contributed by atoms with Crippen molar-refractivity contribution in [2.75, 3.05) is 5.32 Å². The number of carbonyl (C=O) groups excluding carboxylic acids is 1. The maximum atomic E-state index is 13.0. The van der Waals surface area contributed by atoms with Crippen molar-refractivity contribution in [3.63, 3.8) is 0 Å². The van der Waals surface area contributed by atoms with Crippen molar-refractivity contribution >= 4 is 22.4 Å². The minimum atomic E-state index is -0.306. The van der Waals surface area contributed by atoms with Crippen LogP contribution in [0.25, 0.3) is 11.3 Å². The number of nitrogens with zero attached hydrogens (tertiary/aromatic N) is 2. The van der Waals surface area contributed by atoms with Crippen molar-refractivity contribution in [3.05, 3.63) is 65.0 Å². The van der Waals surface area contributed by atoms with E-state index in [2.05, 4.69) is 15.3 Å². The van der Waals surface area contributed by atoms with E-state index >= 15 is 0 Å². The molecule has 0 aliphatic rings. The molecule has 0 aliphatic carbocycles. The highest BCUT2D eigenvalue weighted by molar-refractivity contribution is 7.16. The van der Waals surface area contributed by atoms with Crippen LogP contribution in [-0.4, -0.2) is 15.9 Å². The van der Waals surface area contributed by atoms with Crippen LogP contribution in [0.15, 0.2) is 48.7 Å². The van der Waals surface area contributed by atoms with E-state index < -0.39 is 0 Å². The molecule has 0 radical (unpaired) electrons. The first-order chi connectivity index (χ1) is 10.6. The minimum Gasteiger partial charge on any atom is -0.296 e. The highest BCUT2D eigenvalue weighted by Gasteiger charge is 2.13. The summed E-state index contributed by atoms with van der Waals surface area (Å²) in [4.78, 5) is 21.4. The summed E-state index contributed by atoms with van der Waals surface area (Å²) in [6.45, 7) is 1.91. The fourth-order valence-electron chi connectivity index (χ4n) is 1.98. The van der Waals surface area contributed by atoms with Gasteiger partial charge in [0, 0.05) is 16.6 Å². The van der Waals surface area contributed by atoms with E-state index in [9.17, 15) is 9.18 Å². The fraction of sp³-hybridized carbons (Fsp3) is 0.0625. The van der Waals surface area contributed by atoms with Crippen LogP contribution in [0.1, 0.15) is 15.4 Å². The number of aryl methyl sites for hydroxylation is 1. The van der Waals surface area contributed by atoms with E-state index in [1.165, 1.54) is 23.5 Å². The number of amides is 1. The van der Waals surface area contributed by atoms with E-state index in [1.807, 2.05) is 6.92 Å². The first kappa shape index (κ1) is 14.3. The van der Waals surface area contributed by atoms with Crippen LogP contribution in [-0.2, 0) is 0 Å². The van der Waals surface area contributed by atoms with Crippen LogP contribution in [0.4, 0.5) is 9.52 Å². The number of carbonyl (C=O) groups is 1. The lowest BCUT2D eigenvalue weighted by molar-refractivity contribution is 0.102. The van der Waals surface area contributed by atoms with Crippen LogP contribution in [0, 0.1) is 12.7 Å². The van der Waals surface area contributed by atoms with E-state index in [0.717, 1.165) is 16.1 Å². The Balaban J connectivity index is 1.83. The Kier molecular flexibility index (Phi) is 3.93. The van der Waals surface area contributed by atoms with Gasteiger partial charge in [-0.2, -0.15) is 0 Å². The van der Waals surface area contributed by atoms with Gasteiger partial charge in [-0.05, 0) is 43.3 Å². The van der Waals surface area contributed by atoms with E-state index in [-0.39, 0.29) is 11.7 Å². The predicted molar refractivity (Wildman–Crippen MR) is 84.4 cm³/mol. The zero-order chi connectivity index (χ0) is 15.5. The van der Waals surface area contributed by atoms with Gasteiger partial charge in [-0.3, -0.25) is 15.1 Å². The Labute approximate surface area is 130 Å². The third kappa shape index (κ3) is 3.01. The molecule has 110 valence electrons. The average Bonchev–Trinajstić information content (AvgIpc) is 2.89. The summed E-state index contributed by atoms with van der Waals surface area (Å²) in [5.41, 5.74) is 1.88. The number of anilines is 1.